The fraction of sp³-hybridized carbons (Fsp3) is 0.625. The van der Waals surface area contributed by atoms with Gasteiger partial charge >= 0.3 is 0 Å². The maximum atomic E-state index is 9.91. The minimum absolute atomic E-state index is 0.563. The van der Waals surface area contributed by atoms with Crippen LogP contribution >= 0.6 is 0 Å². The predicted octanol–water partition coefficient (Wildman–Crippen LogP) is 4.64. The van der Waals surface area contributed by atoms with Crippen molar-refractivity contribution in [3.05, 3.63) is 24.3 Å². The second-order valence-corrected chi connectivity index (χ2v) is 3.99. The van der Waals surface area contributed by atoms with Gasteiger partial charge < -0.3 is 9.59 Å². The van der Waals surface area contributed by atoms with Gasteiger partial charge in [0, 0.05) is 12.8 Å². The number of allylic oxidation sites excluding steroid dienone is 4. The highest BCUT2D eigenvalue weighted by molar-refractivity contribution is 5.51. The summed E-state index contributed by atoms with van der Waals surface area (Å²) in [7, 11) is 0. The Labute approximate surface area is 112 Å². The van der Waals surface area contributed by atoms with Crippen LogP contribution in [0, 0.1) is 0 Å². The van der Waals surface area contributed by atoms with Gasteiger partial charge in [0.15, 0.2) is 0 Å². The zero-order chi connectivity index (χ0) is 13.9. The molecule has 0 aromatic rings. The van der Waals surface area contributed by atoms with Gasteiger partial charge in [-0.2, -0.15) is 0 Å². The standard InChI is InChI=1S/C10H18O.C6H10O/c1-2-3-4-5-6-7-8-9-10-11;1-2-3-4-5-6-7/h6-7,10H,2-5,8-9H2,1H3;3-4,6H,2,5H2,1H3. The van der Waals surface area contributed by atoms with Crippen LogP contribution in [0.15, 0.2) is 24.3 Å². The molecule has 0 amide bonds. The van der Waals surface area contributed by atoms with E-state index in [4.69, 9.17) is 0 Å². The zero-order valence-corrected chi connectivity index (χ0v) is 11.9. The number of hydrogen-bond acceptors (Lipinski definition) is 2. The molecule has 2 nitrogen and oxygen atoms in total. The van der Waals surface area contributed by atoms with Gasteiger partial charge in [-0.25, -0.2) is 0 Å². The monoisotopic (exact) mass is 252 g/mol. The molecular weight excluding hydrogens is 224 g/mol. The van der Waals surface area contributed by atoms with Gasteiger partial charge in [0.05, 0.1) is 0 Å². The molecule has 0 bridgehead atoms. The number of aldehydes is 2. The van der Waals surface area contributed by atoms with Crippen LogP contribution in [0.1, 0.15) is 65.2 Å². The third-order valence-electron chi connectivity index (χ3n) is 2.23. The van der Waals surface area contributed by atoms with Crippen LogP contribution in [-0.2, 0) is 9.59 Å². The molecule has 104 valence electrons. The lowest BCUT2D eigenvalue weighted by molar-refractivity contribution is -0.108. The quantitative estimate of drug-likeness (QED) is 0.322. The molecule has 0 fully saturated rings. The topological polar surface area (TPSA) is 34.1 Å². The number of rotatable bonds is 10. The molecule has 2 heteroatoms. The summed E-state index contributed by atoms with van der Waals surface area (Å²) in [5.74, 6) is 0. The molecule has 18 heavy (non-hydrogen) atoms. The van der Waals surface area contributed by atoms with E-state index in [2.05, 4.69) is 19.1 Å². The van der Waals surface area contributed by atoms with Crippen LogP contribution in [0.5, 0.6) is 0 Å². The average Bonchev–Trinajstić information content (AvgIpc) is 2.39. The Balaban J connectivity index is 0. The number of unbranched alkanes of at least 4 members (excludes halogenated alkanes) is 4. The van der Waals surface area contributed by atoms with E-state index >= 15 is 0 Å². The highest BCUT2D eigenvalue weighted by Crippen LogP contribution is 2.00. The van der Waals surface area contributed by atoms with Crippen molar-refractivity contribution in [1.29, 1.82) is 0 Å². The van der Waals surface area contributed by atoms with Crippen molar-refractivity contribution in [2.75, 3.05) is 0 Å². The SMILES string of the molecule is CCC=CCC=O.CCCCCC=CCCC=O. The normalized spacial score (nSPS) is 10.3. The van der Waals surface area contributed by atoms with Crippen molar-refractivity contribution in [2.45, 2.75) is 65.2 Å². The zero-order valence-electron chi connectivity index (χ0n) is 11.9. The lowest BCUT2D eigenvalue weighted by Crippen LogP contribution is -1.73. The highest BCUT2D eigenvalue weighted by atomic mass is 16.1. The lowest BCUT2D eigenvalue weighted by atomic mass is 10.2. The number of carbonyl (C=O) groups is 2. The van der Waals surface area contributed by atoms with E-state index in [1.54, 1.807) is 0 Å². The Morgan fingerprint density at radius 1 is 0.722 bits per heavy atom. The molecule has 0 aliphatic heterocycles. The van der Waals surface area contributed by atoms with Gasteiger partial charge in [0.1, 0.15) is 12.6 Å². The van der Waals surface area contributed by atoms with Crippen LogP contribution < -0.4 is 0 Å². The van der Waals surface area contributed by atoms with Gasteiger partial charge in [0.25, 0.3) is 0 Å². The van der Waals surface area contributed by atoms with Crippen LogP contribution in [0.4, 0.5) is 0 Å². The summed E-state index contributed by atoms with van der Waals surface area (Å²) in [4.78, 5) is 19.5. The van der Waals surface area contributed by atoms with Crippen LogP contribution in [-0.4, -0.2) is 12.6 Å². The van der Waals surface area contributed by atoms with E-state index in [1.807, 2.05) is 19.1 Å². The fourth-order valence-corrected chi connectivity index (χ4v) is 1.23. The molecule has 0 heterocycles. The predicted molar refractivity (Wildman–Crippen MR) is 78.7 cm³/mol. The Kier molecular flexibility index (Phi) is 22.5. The van der Waals surface area contributed by atoms with Crippen molar-refractivity contribution < 1.29 is 9.59 Å². The van der Waals surface area contributed by atoms with E-state index in [0.29, 0.717) is 12.8 Å². The van der Waals surface area contributed by atoms with Crippen molar-refractivity contribution in [3.63, 3.8) is 0 Å². The van der Waals surface area contributed by atoms with Crippen molar-refractivity contribution in [2.24, 2.45) is 0 Å². The highest BCUT2D eigenvalue weighted by Gasteiger charge is 1.81. The molecule has 0 radical (unpaired) electrons. The van der Waals surface area contributed by atoms with E-state index < -0.39 is 0 Å². The first-order valence-electron chi connectivity index (χ1n) is 7.00. The Morgan fingerprint density at radius 2 is 1.44 bits per heavy atom. The van der Waals surface area contributed by atoms with Gasteiger partial charge in [-0.05, 0) is 25.7 Å². The third kappa shape index (κ3) is 24.2. The number of hydrogen-bond donors (Lipinski definition) is 0. The molecule has 0 aromatic carbocycles. The van der Waals surface area contributed by atoms with E-state index in [0.717, 1.165) is 25.4 Å². The summed E-state index contributed by atoms with van der Waals surface area (Å²) < 4.78 is 0. The Bertz CT molecular complexity index is 217. The largest absolute Gasteiger partial charge is 0.303 e. The summed E-state index contributed by atoms with van der Waals surface area (Å²) in [6.07, 6.45) is 18.2. The third-order valence-corrected chi connectivity index (χ3v) is 2.23. The fourth-order valence-electron chi connectivity index (χ4n) is 1.23. The van der Waals surface area contributed by atoms with Gasteiger partial charge in [-0.15, -0.1) is 0 Å². The van der Waals surface area contributed by atoms with Crippen molar-refractivity contribution in [3.8, 4) is 0 Å². The van der Waals surface area contributed by atoms with E-state index in [-0.39, 0.29) is 0 Å². The summed E-state index contributed by atoms with van der Waals surface area (Å²) in [6.45, 7) is 4.25. The van der Waals surface area contributed by atoms with Gasteiger partial charge in [0.2, 0.25) is 0 Å². The van der Waals surface area contributed by atoms with Gasteiger partial charge in [-0.1, -0.05) is 51.0 Å². The molecule has 0 atom stereocenters. The molecule has 0 saturated heterocycles. The Hall–Kier alpha value is -1.18. The summed E-state index contributed by atoms with van der Waals surface area (Å²) in [5.41, 5.74) is 0. The summed E-state index contributed by atoms with van der Waals surface area (Å²) in [5, 5.41) is 0. The molecule has 0 aliphatic carbocycles. The van der Waals surface area contributed by atoms with Crippen molar-refractivity contribution in [1.82, 2.24) is 0 Å². The van der Waals surface area contributed by atoms with Crippen LogP contribution in [0.3, 0.4) is 0 Å². The molecule has 0 aliphatic rings. The smallest absolute Gasteiger partial charge is 0.123 e. The first kappa shape index (κ1) is 19.2. The molecule has 0 rings (SSSR count). The molecule has 0 unspecified atom stereocenters. The minimum Gasteiger partial charge on any atom is -0.303 e. The maximum Gasteiger partial charge on any atom is 0.123 e. The first-order chi connectivity index (χ1) is 8.83. The average molecular weight is 252 g/mol. The minimum atomic E-state index is 0.563. The first-order valence-corrected chi connectivity index (χ1v) is 7.00. The molecule has 0 saturated carbocycles. The molecule has 0 aromatic heterocycles. The molecular formula is C16H28O2. The van der Waals surface area contributed by atoms with Crippen LogP contribution in [0.2, 0.25) is 0 Å². The molecule has 0 N–H and O–H groups in total. The van der Waals surface area contributed by atoms with Crippen molar-refractivity contribution >= 4 is 12.6 Å². The summed E-state index contributed by atoms with van der Waals surface area (Å²) >= 11 is 0. The lowest BCUT2D eigenvalue weighted by Gasteiger charge is -1.90. The summed E-state index contributed by atoms with van der Waals surface area (Å²) in [6, 6.07) is 0. The maximum absolute atomic E-state index is 9.91. The molecule has 0 spiro atoms. The van der Waals surface area contributed by atoms with E-state index in [9.17, 15) is 9.59 Å². The van der Waals surface area contributed by atoms with Crippen LogP contribution in [0.25, 0.3) is 0 Å². The number of carbonyl (C=O) groups excluding carboxylic acids is 2. The Morgan fingerprint density at radius 3 is 2.00 bits per heavy atom. The van der Waals surface area contributed by atoms with E-state index in [1.165, 1.54) is 25.7 Å². The second-order valence-electron chi connectivity index (χ2n) is 3.99. The second kappa shape index (κ2) is 21.1. The van der Waals surface area contributed by atoms with Gasteiger partial charge in [-0.3, -0.25) is 0 Å².